The van der Waals surface area contributed by atoms with Crippen molar-refractivity contribution in [3.8, 4) is 5.75 Å². The maximum absolute atomic E-state index is 12.6. The summed E-state index contributed by atoms with van der Waals surface area (Å²) >= 11 is 12.7. The second-order valence-electron chi connectivity index (χ2n) is 7.17. The molecule has 1 aromatic rings. The summed E-state index contributed by atoms with van der Waals surface area (Å²) in [4.78, 5) is 28.0. The monoisotopic (exact) mass is 428 g/mol. The van der Waals surface area contributed by atoms with Crippen LogP contribution in [0.15, 0.2) is 12.1 Å². The molecule has 1 saturated heterocycles. The molecule has 156 valence electrons. The van der Waals surface area contributed by atoms with Crippen molar-refractivity contribution in [2.24, 2.45) is 0 Å². The molecule has 28 heavy (non-hydrogen) atoms. The van der Waals surface area contributed by atoms with Gasteiger partial charge >= 0.3 is 0 Å². The Labute approximate surface area is 177 Å². The summed E-state index contributed by atoms with van der Waals surface area (Å²) in [5, 5.41) is 0.567. The number of hydrogen-bond donors (Lipinski definition) is 0. The van der Waals surface area contributed by atoms with E-state index in [1.165, 1.54) is 12.8 Å². The van der Waals surface area contributed by atoms with Gasteiger partial charge in [-0.05, 0) is 18.6 Å². The molecule has 2 rings (SSSR count). The number of benzene rings is 1. The van der Waals surface area contributed by atoms with Crippen LogP contribution < -0.4 is 4.74 Å². The van der Waals surface area contributed by atoms with E-state index in [4.69, 9.17) is 27.9 Å². The first-order valence-corrected chi connectivity index (χ1v) is 10.8. The van der Waals surface area contributed by atoms with E-state index < -0.39 is 0 Å². The van der Waals surface area contributed by atoms with Crippen LogP contribution in [0, 0.1) is 0 Å². The highest BCUT2D eigenvalue weighted by atomic mass is 35.5. The standard InChI is InChI=1S/C21H30Cl2N2O3/c1-3-4-5-6-15-28-19-8-7-17(20(22)21(19)23)18(27)9-10-24-11-13-25(14-12-24)16(2)26/h7-8H,3-6,9-15H2,1-2H3. The molecule has 0 spiro atoms. The zero-order valence-electron chi connectivity index (χ0n) is 16.8. The van der Waals surface area contributed by atoms with Gasteiger partial charge in [0, 0.05) is 51.6 Å². The normalized spacial score (nSPS) is 14.9. The third-order valence-corrected chi connectivity index (χ3v) is 5.94. The van der Waals surface area contributed by atoms with Gasteiger partial charge in [0.2, 0.25) is 5.91 Å². The average molecular weight is 429 g/mol. The van der Waals surface area contributed by atoms with Gasteiger partial charge in [-0.1, -0.05) is 49.4 Å². The third-order valence-electron chi connectivity index (χ3n) is 5.08. The second kappa shape index (κ2) is 11.6. The minimum Gasteiger partial charge on any atom is -0.492 e. The molecule has 0 radical (unpaired) electrons. The predicted molar refractivity (Wildman–Crippen MR) is 114 cm³/mol. The number of rotatable bonds is 10. The van der Waals surface area contributed by atoms with E-state index in [0.717, 1.165) is 25.9 Å². The maximum atomic E-state index is 12.6. The van der Waals surface area contributed by atoms with Crippen LogP contribution in [0.1, 0.15) is 56.3 Å². The van der Waals surface area contributed by atoms with Crippen molar-refractivity contribution < 1.29 is 14.3 Å². The van der Waals surface area contributed by atoms with Crippen molar-refractivity contribution in [3.63, 3.8) is 0 Å². The highest BCUT2D eigenvalue weighted by Crippen LogP contribution is 2.35. The Morgan fingerprint density at radius 1 is 1.04 bits per heavy atom. The molecule has 1 aliphatic heterocycles. The van der Waals surface area contributed by atoms with Crippen molar-refractivity contribution in [3.05, 3.63) is 27.7 Å². The average Bonchev–Trinajstić information content (AvgIpc) is 2.69. The molecule has 0 bridgehead atoms. The first-order valence-electron chi connectivity index (χ1n) is 10.1. The van der Waals surface area contributed by atoms with E-state index in [0.29, 0.717) is 49.0 Å². The summed E-state index contributed by atoms with van der Waals surface area (Å²) in [7, 11) is 0. The Hall–Kier alpha value is -1.30. The Morgan fingerprint density at radius 3 is 2.39 bits per heavy atom. The second-order valence-corrected chi connectivity index (χ2v) is 7.93. The highest BCUT2D eigenvalue weighted by Gasteiger charge is 2.21. The van der Waals surface area contributed by atoms with Gasteiger partial charge in [0.1, 0.15) is 10.8 Å². The Balaban J connectivity index is 1.84. The van der Waals surface area contributed by atoms with Gasteiger partial charge in [0.15, 0.2) is 5.78 Å². The van der Waals surface area contributed by atoms with Crippen LogP contribution in [-0.4, -0.2) is 60.8 Å². The Bertz CT molecular complexity index is 674. The summed E-state index contributed by atoms with van der Waals surface area (Å²) < 4.78 is 5.72. The van der Waals surface area contributed by atoms with Crippen molar-refractivity contribution in [2.75, 3.05) is 39.3 Å². The largest absolute Gasteiger partial charge is 0.492 e. The van der Waals surface area contributed by atoms with E-state index in [-0.39, 0.29) is 16.7 Å². The Morgan fingerprint density at radius 2 is 1.75 bits per heavy atom. The number of carbonyl (C=O) groups excluding carboxylic acids is 2. The van der Waals surface area contributed by atoms with Crippen molar-refractivity contribution in [1.82, 2.24) is 9.80 Å². The number of halogens is 2. The number of ketones is 1. The van der Waals surface area contributed by atoms with E-state index in [9.17, 15) is 9.59 Å². The van der Waals surface area contributed by atoms with E-state index in [2.05, 4.69) is 11.8 Å². The van der Waals surface area contributed by atoms with Crippen LogP contribution in [0.4, 0.5) is 0 Å². The minimum atomic E-state index is -0.0320. The summed E-state index contributed by atoms with van der Waals surface area (Å²) in [5.41, 5.74) is 0.437. The molecule has 0 N–H and O–H groups in total. The fraction of sp³-hybridized carbons (Fsp3) is 0.619. The lowest BCUT2D eigenvalue weighted by atomic mass is 10.1. The van der Waals surface area contributed by atoms with Crippen LogP contribution in [0.25, 0.3) is 0 Å². The zero-order chi connectivity index (χ0) is 20.5. The third kappa shape index (κ3) is 6.64. The smallest absolute Gasteiger partial charge is 0.219 e. The van der Waals surface area contributed by atoms with Crippen molar-refractivity contribution in [1.29, 1.82) is 0 Å². The van der Waals surface area contributed by atoms with Crippen LogP contribution >= 0.6 is 23.2 Å². The number of hydrogen-bond acceptors (Lipinski definition) is 4. The molecule has 1 fully saturated rings. The number of piperazine rings is 1. The van der Waals surface area contributed by atoms with Gasteiger partial charge < -0.3 is 9.64 Å². The highest BCUT2D eigenvalue weighted by molar-refractivity contribution is 6.44. The van der Waals surface area contributed by atoms with Crippen molar-refractivity contribution >= 4 is 34.9 Å². The molecule has 0 aliphatic carbocycles. The van der Waals surface area contributed by atoms with Crippen LogP contribution in [0.5, 0.6) is 5.75 Å². The van der Waals surface area contributed by atoms with Crippen LogP contribution in [0.3, 0.4) is 0 Å². The Kier molecular flexibility index (Phi) is 9.56. The van der Waals surface area contributed by atoms with Crippen LogP contribution in [-0.2, 0) is 4.79 Å². The molecule has 0 unspecified atom stereocenters. The quantitative estimate of drug-likeness (QED) is 0.400. The molecule has 7 heteroatoms. The zero-order valence-corrected chi connectivity index (χ0v) is 18.3. The molecular weight excluding hydrogens is 399 g/mol. The minimum absolute atomic E-state index is 0.0320. The first kappa shape index (κ1) is 23.0. The lowest BCUT2D eigenvalue weighted by Crippen LogP contribution is -2.48. The number of carbonyl (C=O) groups is 2. The van der Waals surface area contributed by atoms with E-state index in [1.807, 2.05) is 4.90 Å². The molecule has 1 aliphatic rings. The molecule has 0 aromatic heterocycles. The summed E-state index contributed by atoms with van der Waals surface area (Å²) in [6.45, 7) is 7.98. The van der Waals surface area contributed by atoms with Gasteiger partial charge in [-0.25, -0.2) is 0 Å². The van der Waals surface area contributed by atoms with Crippen LogP contribution in [0.2, 0.25) is 10.0 Å². The SMILES string of the molecule is CCCCCCOc1ccc(C(=O)CCN2CCN(C(C)=O)CC2)c(Cl)c1Cl. The first-order chi connectivity index (χ1) is 13.4. The molecule has 1 heterocycles. The predicted octanol–water partition coefficient (Wildman–Crippen LogP) is 4.69. The van der Waals surface area contributed by atoms with Gasteiger partial charge in [-0.3, -0.25) is 14.5 Å². The molecule has 1 amide bonds. The van der Waals surface area contributed by atoms with Gasteiger partial charge in [0.05, 0.1) is 11.6 Å². The topological polar surface area (TPSA) is 49.9 Å². The van der Waals surface area contributed by atoms with Gasteiger partial charge in [-0.2, -0.15) is 0 Å². The fourth-order valence-corrected chi connectivity index (χ4v) is 3.73. The number of nitrogens with zero attached hydrogens (tertiary/aromatic N) is 2. The lowest BCUT2D eigenvalue weighted by molar-refractivity contribution is -0.130. The molecular formula is C21H30Cl2N2O3. The number of ether oxygens (including phenoxy) is 1. The number of amides is 1. The van der Waals surface area contributed by atoms with Gasteiger partial charge in [-0.15, -0.1) is 0 Å². The molecule has 0 atom stereocenters. The lowest BCUT2D eigenvalue weighted by Gasteiger charge is -2.34. The number of Topliss-reactive ketones (excluding diaryl/α,β-unsaturated/α-hetero) is 1. The van der Waals surface area contributed by atoms with Gasteiger partial charge in [0.25, 0.3) is 0 Å². The van der Waals surface area contributed by atoms with E-state index in [1.54, 1.807) is 19.1 Å². The summed E-state index contributed by atoms with van der Waals surface area (Å²) in [6.07, 6.45) is 4.83. The molecule has 0 saturated carbocycles. The summed E-state index contributed by atoms with van der Waals surface area (Å²) in [6, 6.07) is 3.43. The fourth-order valence-electron chi connectivity index (χ4n) is 3.25. The van der Waals surface area contributed by atoms with E-state index >= 15 is 0 Å². The number of unbranched alkanes of at least 4 members (excludes halogenated alkanes) is 3. The molecule has 5 nitrogen and oxygen atoms in total. The summed E-state index contributed by atoms with van der Waals surface area (Å²) in [5.74, 6) is 0.597. The van der Waals surface area contributed by atoms with Crippen molar-refractivity contribution in [2.45, 2.75) is 46.0 Å². The molecule has 1 aromatic carbocycles. The maximum Gasteiger partial charge on any atom is 0.219 e.